The van der Waals surface area contributed by atoms with Crippen molar-refractivity contribution in [3.8, 4) is 0 Å². The molecule has 3 rings (SSSR count). The smallest absolute Gasteiger partial charge is 0.434 e. The van der Waals surface area contributed by atoms with Gasteiger partial charge in [-0.15, -0.1) is 11.3 Å². The summed E-state index contributed by atoms with van der Waals surface area (Å²) < 4.78 is 39.1. The number of carbonyl (C=O) groups excluding carboxylic acids is 1. The molecule has 0 aliphatic heterocycles. The van der Waals surface area contributed by atoms with Crippen molar-refractivity contribution in [1.29, 1.82) is 0 Å². The van der Waals surface area contributed by atoms with Crippen molar-refractivity contribution >= 4 is 28.3 Å². The van der Waals surface area contributed by atoms with Gasteiger partial charge in [0.1, 0.15) is 0 Å². The number of nitrogens with zero attached hydrogens (tertiary/aromatic N) is 2. The average molecular weight is 463 g/mol. The van der Waals surface area contributed by atoms with E-state index in [-0.39, 0.29) is 18.1 Å². The molecule has 168 valence electrons. The monoisotopic (exact) mass is 463 g/mol. The van der Waals surface area contributed by atoms with Crippen LogP contribution in [-0.2, 0) is 24.1 Å². The molecule has 0 radical (unpaired) electrons. The largest absolute Gasteiger partial charge is 0.481 e. The van der Waals surface area contributed by atoms with Crippen LogP contribution in [0.1, 0.15) is 33.6 Å². The van der Waals surface area contributed by atoms with Gasteiger partial charge in [-0.05, 0) is 23.3 Å². The standard InChI is InChI=1S/C22H20F3N3O3S/c23-22(24,25)18-14-32-21(27-18)28(12-15-4-2-1-3-5-15)13-16-6-8-17(9-7-16)20(31)26-11-10-19(29)30/h1-9,14H,10-13H2,(H,26,31)(H,29,30). The quantitative estimate of drug-likeness (QED) is 0.486. The van der Waals surface area contributed by atoms with E-state index < -0.39 is 23.7 Å². The zero-order chi connectivity index (χ0) is 23.1. The minimum atomic E-state index is -4.51. The zero-order valence-corrected chi connectivity index (χ0v) is 17.6. The number of alkyl halides is 3. The molecule has 1 amide bonds. The first-order valence-corrected chi connectivity index (χ1v) is 10.5. The maximum absolute atomic E-state index is 13.0. The molecule has 10 heteroatoms. The third kappa shape index (κ3) is 6.55. The molecule has 0 saturated carbocycles. The lowest BCUT2D eigenvalue weighted by molar-refractivity contribution is -0.140. The van der Waals surface area contributed by atoms with Crippen LogP contribution in [0.5, 0.6) is 0 Å². The molecule has 1 heterocycles. The van der Waals surface area contributed by atoms with E-state index in [0.717, 1.165) is 27.8 Å². The lowest BCUT2D eigenvalue weighted by atomic mass is 10.1. The molecule has 0 atom stereocenters. The Labute approximate surface area is 186 Å². The minimum Gasteiger partial charge on any atom is -0.481 e. The molecule has 0 bridgehead atoms. The van der Waals surface area contributed by atoms with E-state index >= 15 is 0 Å². The molecule has 6 nitrogen and oxygen atoms in total. The van der Waals surface area contributed by atoms with E-state index in [9.17, 15) is 22.8 Å². The number of carboxylic acids is 1. The van der Waals surface area contributed by atoms with Gasteiger partial charge < -0.3 is 15.3 Å². The van der Waals surface area contributed by atoms with Crippen molar-refractivity contribution in [2.75, 3.05) is 11.4 Å². The van der Waals surface area contributed by atoms with Crippen molar-refractivity contribution in [1.82, 2.24) is 10.3 Å². The maximum Gasteiger partial charge on any atom is 0.434 e. The number of aliphatic carboxylic acids is 1. The average Bonchev–Trinajstić information content (AvgIpc) is 3.25. The van der Waals surface area contributed by atoms with Crippen molar-refractivity contribution in [2.45, 2.75) is 25.7 Å². The minimum absolute atomic E-state index is 0.0202. The van der Waals surface area contributed by atoms with Gasteiger partial charge in [-0.3, -0.25) is 9.59 Å². The molecular weight excluding hydrogens is 443 g/mol. The second-order valence-electron chi connectivity index (χ2n) is 6.95. The summed E-state index contributed by atoms with van der Waals surface area (Å²) in [4.78, 5) is 28.2. The van der Waals surface area contributed by atoms with Crippen LogP contribution < -0.4 is 10.2 Å². The molecule has 0 saturated heterocycles. The van der Waals surface area contributed by atoms with Gasteiger partial charge in [0, 0.05) is 30.6 Å². The van der Waals surface area contributed by atoms with Gasteiger partial charge in [0.25, 0.3) is 5.91 Å². The Kier molecular flexibility index (Phi) is 7.47. The number of rotatable bonds is 9. The summed E-state index contributed by atoms with van der Waals surface area (Å²) in [7, 11) is 0. The summed E-state index contributed by atoms with van der Waals surface area (Å²) in [5, 5.41) is 12.4. The van der Waals surface area contributed by atoms with E-state index in [1.54, 1.807) is 29.2 Å². The first kappa shape index (κ1) is 23.3. The fourth-order valence-electron chi connectivity index (χ4n) is 2.90. The molecule has 2 aromatic carbocycles. The summed E-state index contributed by atoms with van der Waals surface area (Å²) in [6.07, 6.45) is -4.69. The van der Waals surface area contributed by atoms with E-state index in [1.807, 2.05) is 30.3 Å². The fraction of sp³-hybridized carbons (Fsp3) is 0.227. The van der Waals surface area contributed by atoms with Crippen molar-refractivity contribution in [2.24, 2.45) is 0 Å². The molecule has 2 N–H and O–H groups in total. The summed E-state index contributed by atoms with van der Waals surface area (Å²) >= 11 is 0.925. The number of anilines is 1. The second kappa shape index (κ2) is 10.3. The first-order chi connectivity index (χ1) is 15.2. The number of thiazole rings is 1. The van der Waals surface area contributed by atoms with Gasteiger partial charge in [-0.25, -0.2) is 4.98 Å². The summed E-state index contributed by atoms with van der Waals surface area (Å²) in [5.74, 6) is -1.40. The highest BCUT2D eigenvalue weighted by atomic mass is 32.1. The molecule has 3 aromatic rings. The first-order valence-electron chi connectivity index (χ1n) is 9.63. The Balaban J connectivity index is 1.75. The van der Waals surface area contributed by atoms with Crippen LogP contribution in [0.3, 0.4) is 0 Å². The van der Waals surface area contributed by atoms with Crippen LogP contribution >= 0.6 is 11.3 Å². The molecule has 0 spiro atoms. The molecule has 1 aromatic heterocycles. The van der Waals surface area contributed by atoms with Crippen molar-refractivity contribution in [3.05, 3.63) is 82.4 Å². The van der Waals surface area contributed by atoms with E-state index in [4.69, 9.17) is 5.11 Å². The van der Waals surface area contributed by atoms with Crippen molar-refractivity contribution < 1.29 is 27.9 Å². The Bertz CT molecular complexity index is 1050. The number of benzene rings is 2. The number of hydrogen-bond donors (Lipinski definition) is 2. The fourth-order valence-corrected chi connectivity index (χ4v) is 3.73. The maximum atomic E-state index is 13.0. The predicted octanol–water partition coefficient (Wildman–Crippen LogP) is 4.57. The molecular formula is C22H20F3N3O3S. The predicted molar refractivity (Wildman–Crippen MR) is 114 cm³/mol. The van der Waals surface area contributed by atoms with Gasteiger partial charge in [0.15, 0.2) is 10.8 Å². The van der Waals surface area contributed by atoms with E-state index in [2.05, 4.69) is 10.3 Å². The second-order valence-corrected chi connectivity index (χ2v) is 7.79. The van der Waals surface area contributed by atoms with Crippen molar-refractivity contribution in [3.63, 3.8) is 0 Å². The van der Waals surface area contributed by atoms with Gasteiger partial charge in [0.2, 0.25) is 0 Å². The van der Waals surface area contributed by atoms with Crippen LogP contribution in [0, 0.1) is 0 Å². The number of carboxylic acid groups (broad SMARTS) is 1. The number of carbonyl (C=O) groups is 2. The lowest BCUT2D eigenvalue weighted by Gasteiger charge is -2.22. The van der Waals surface area contributed by atoms with Gasteiger partial charge in [-0.2, -0.15) is 13.2 Å². The lowest BCUT2D eigenvalue weighted by Crippen LogP contribution is -2.26. The van der Waals surface area contributed by atoms with Crippen LogP contribution in [0.2, 0.25) is 0 Å². The number of hydrogen-bond acceptors (Lipinski definition) is 5. The Morgan fingerprint density at radius 3 is 2.19 bits per heavy atom. The third-order valence-electron chi connectivity index (χ3n) is 4.48. The summed E-state index contributed by atoms with van der Waals surface area (Å²) in [6, 6.07) is 15.9. The van der Waals surface area contributed by atoms with Gasteiger partial charge in [-0.1, -0.05) is 42.5 Å². The SMILES string of the molecule is O=C(O)CCNC(=O)c1ccc(CN(Cc2ccccc2)c2nc(C(F)(F)F)cs2)cc1. The molecule has 32 heavy (non-hydrogen) atoms. The Morgan fingerprint density at radius 2 is 1.62 bits per heavy atom. The number of aromatic nitrogens is 1. The number of amides is 1. The topological polar surface area (TPSA) is 82.5 Å². The highest BCUT2D eigenvalue weighted by Gasteiger charge is 2.34. The van der Waals surface area contributed by atoms with Gasteiger partial charge in [0.05, 0.1) is 6.42 Å². The summed E-state index contributed by atoms with van der Waals surface area (Å²) in [6.45, 7) is 0.677. The van der Waals surface area contributed by atoms with Crippen LogP contribution in [-0.4, -0.2) is 28.5 Å². The van der Waals surface area contributed by atoms with E-state index in [1.165, 1.54) is 0 Å². The zero-order valence-electron chi connectivity index (χ0n) is 16.8. The Hall–Kier alpha value is -3.40. The molecule has 0 unspecified atom stereocenters. The van der Waals surface area contributed by atoms with Crippen LogP contribution in [0.15, 0.2) is 60.0 Å². The highest BCUT2D eigenvalue weighted by Crippen LogP contribution is 2.34. The molecule has 0 aliphatic rings. The van der Waals surface area contributed by atoms with E-state index in [0.29, 0.717) is 18.7 Å². The highest BCUT2D eigenvalue weighted by molar-refractivity contribution is 7.13. The molecule has 0 fully saturated rings. The van der Waals surface area contributed by atoms with Gasteiger partial charge >= 0.3 is 12.1 Å². The van der Waals surface area contributed by atoms with Crippen LogP contribution in [0.4, 0.5) is 18.3 Å². The normalized spacial score (nSPS) is 11.2. The third-order valence-corrected chi connectivity index (χ3v) is 5.38. The number of halogens is 3. The number of nitrogens with one attached hydrogen (secondary N) is 1. The Morgan fingerprint density at radius 1 is 1.00 bits per heavy atom. The molecule has 0 aliphatic carbocycles. The van der Waals surface area contributed by atoms with Crippen LogP contribution in [0.25, 0.3) is 0 Å². The summed E-state index contributed by atoms with van der Waals surface area (Å²) in [5.41, 5.74) is 1.14.